The van der Waals surface area contributed by atoms with Gasteiger partial charge in [-0.3, -0.25) is 4.79 Å². The maximum absolute atomic E-state index is 13.8. The molecule has 0 aliphatic heterocycles. The number of aromatic nitrogens is 1. The SMILES string of the molecule is COc1ccc(C(NC(=O)c2cc(C3CC3)no2)C(=O)O)cc1F. The number of carboxylic acid groups (broad SMARTS) is 1. The van der Waals surface area contributed by atoms with Crippen molar-refractivity contribution in [3.63, 3.8) is 0 Å². The number of aliphatic carboxylic acids is 1. The molecule has 1 atom stereocenters. The summed E-state index contributed by atoms with van der Waals surface area (Å²) in [4.78, 5) is 23.6. The van der Waals surface area contributed by atoms with E-state index in [9.17, 15) is 19.1 Å². The summed E-state index contributed by atoms with van der Waals surface area (Å²) >= 11 is 0. The smallest absolute Gasteiger partial charge is 0.330 e. The third-order valence-corrected chi connectivity index (χ3v) is 3.78. The Morgan fingerprint density at radius 1 is 1.42 bits per heavy atom. The molecule has 1 fully saturated rings. The molecule has 8 heteroatoms. The van der Waals surface area contributed by atoms with Crippen molar-refractivity contribution in [3.05, 3.63) is 47.1 Å². The van der Waals surface area contributed by atoms with E-state index in [1.807, 2.05) is 0 Å². The molecule has 1 saturated carbocycles. The molecule has 2 aromatic rings. The van der Waals surface area contributed by atoms with Crippen LogP contribution in [0.15, 0.2) is 28.8 Å². The molecule has 7 nitrogen and oxygen atoms in total. The maximum atomic E-state index is 13.8. The maximum Gasteiger partial charge on any atom is 0.330 e. The first-order valence-electron chi connectivity index (χ1n) is 7.33. The topological polar surface area (TPSA) is 102 Å². The van der Waals surface area contributed by atoms with Gasteiger partial charge in [-0.05, 0) is 30.5 Å². The number of halogens is 1. The van der Waals surface area contributed by atoms with Crippen LogP contribution in [-0.2, 0) is 4.79 Å². The van der Waals surface area contributed by atoms with Crippen molar-refractivity contribution in [2.45, 2.75) is 24.8 Å². The van der Waals surface area contributed by atoms with Crippen molar-refractivity contribution in [2.24, 2.45) is 0 Å². The summed E-state index contributed by atoms with van der Waals surface area (Å²) in [5.41, 5.74) is 0.763. The summed E-state index contributed by atoms with van der Waals surface area (Å²) in [5.74, 6) is -2.55. The number of hydrogen-bond donors (Lipinski definition) is 2. The molecule has 0 spiro atoms. The molecule has 1 aliphatic carbocycles. The van der Waals surface area contributed by atoms with E-state index < -0.39 is 23.7 Å². The number of nitrogens with zero attached hydrogens (tertiary/aromatic N) is 1. The molecule has 24 heavy (non-hydrogen) atoms. The Hall–Kier alpha value is -2.90. The second-order valence-corrected chi connectivity index (χ2v) is 5.53. The van der Waals surface area contributed by atoms with Gasteiger partial charge in [0, 0.05) is 12.0 Å². The van der Waals surface area contributed by atoms with E-state index in [2.05, 4.69) is 10.5 Å². The standard InChI is InChI=1S/C16H15FN2O5/c1-23-12-5-4-9(6-10(12)17)14(16(21)22)18-15(20)13-7-11(19-24-13)8-2-3-8/h4-8,14H,2-3H2,1H3,(H,18,20)(H,21,22). The quantitative estimate of drug-likeness (QED) is 0.840. The summed E-state index contributed by atoms with van der Waals surface area (Å²) in [6.45, 7) is 0. The number of benzene rings is 1. The Morgan fingerprint density at radius 2 is 2.17 bits per heavy atom. The molecule has 0 saturated heterocycles. The van der Waals surface area contributed by atoms with Gasteiger partial charge in [-0.15, -0.1) is 0 Å². The molecule has 1 aromatic heterocycles. The number of hydrogen-bond acceptors (Lipinski definition) is 5. The number of rotatable bonds is 6. The van der Waals surface area contributed by atoms with Gasteiger partial charge in [0.1, 0.15) is 0 Å². The van der Waals surface area contributed by atoms with Gasteiger partial charge in [0.25, 0.3) is 5.91 Å². The Balaban J connectivity index is 1.79. The highest BCUT2D eigenvalue weighted by Gasteiger charge is 2.30. The van der Waals surface area contributed by atoms with Gasteiger partial charge < -0.3 is 19.7 Å². The first kappa shape index (κ1) is 16.0. The first-order chi connectivity index (χ1) is 11.5. The molecule has 1 unspecified atom stereocenters. The molecule has 126 valence electrons. The van der Waals surface area contributed by atoms with Crippen LogP contribution < -0.4 is 10.1 Å². The Morgan fingerprint density at radius 3 is 2.75 bits per heavy atom. The summed E-state index contributed by atoms with van der Waals surface area (Å²) in [5, 5.41) is 15.4. The van der Waals surface area contributed by atoms with Gasteiger partial charge in [0.15, 0.2) is 17.6 Å². The van der Waals surface area contributed by atoms with E-state index in [0.717, 1.165) is 18.9 Å². The van der Waals surface area contributed by atoms with Crippen LogP contribution in [-0.4, -0.2) is 29.2 Å². The van der Waals surface area contributed by atoms with E-state index in [1.54, 1.807) is 0 Å². The third-order valence-electron chi connectivity index (χ3n) is 3.78. The molecule has 0 bridgehead atoms. The monoisotopic (exact) mass is 334 g/mol. The van der Waals surface area contributed by atoms with Crippen molar-refractivity contribution < 1.29 is 28.3 Å². The Bertz CT molecular complexity index is 785. The van der Waals surface area contributed by atoms with Crippen LogP contribution in [0.5, 0.6) is 5.75 Å². The first-order valence-corrected chi connectivity index (χ1v) is 7.33. The van der Waals surface area contributed by atoms with Crippen molar-refractivity contribution in [1.29, 1.82) is 0 Å². The van der Waals surface area contributed by atoms with Crippen molar-refractivity contribution in [2.75, 3.05) is 7.11 Å². The zero-order valence-corrected chi connectivity index (χ0v) is 12.8. The van der Waals surface area contributed by atoms with Crippen LogP contribution in [0.1, 0.15) is 46.6 Å². The number of ether oxygens (including phenoxy) is 1. The number of nitrogens with one attached hydrogen (secondary N) is 1. The van der Waals surface area contributed by atoms with E-state index in [-0.39, 0.29) is 17.1 Å². The summed E-state index contributed by atoms with van der Waals surface area (Å²) in [6, 6.07) is 3.75. The summed E-state index contributed by atoms with van der Waals surface area (Å²) in [6.07, 6.45) is 1.99. The summed E-state index contributed by atoms with van der Waals surface area (Å²) < 4.78 is 23.5. The largest absolute Gasteiger partial charge is 0.494 e. The fraction of sp³-hybridized carbons (Fsp3) is 0.312. The Kier molecular flexibility index (Phi) is 4.20. The highest BCUT2D eigenvalue weighted by Crippen LogP contribution is 2.39. The van der Waals surface area contributed by atoms with Crippen LogP contribution in [0.3, 0.4) is 0 Å². The number of carbonyl (C=O) groups is 2. The van der Waals surface area contributed by atoms with E-state index in [0.29, 0.717) is 11.6 Å². The van der Waals surface area contributed by atoms with Crippen LogP contribution in [0.4, 0.5) is 4.39 Å². The molecule has 1 heterocycles. The zero-order valence-electron chi connectivity index (χ0n) is 12.8. The lowest BCUT2D eigenvalue weighted by molar-refractivity contribution is -0.139. The van der Waals surface area contributed by atoms with Crippen LogP contribution in [0.25, 0.3) is 0 Å². The van der Waals surface area contributed by atoms with Crippen molar-refractivity contribution in [1.82, 2.24) is 10.5 Å². The van der Waals surface area contributed by atoms with E-state index >= 15 is 0 Å². The average Bonchev–Trinajstić information content (AvgIpc) is 3.29. The molecule has 1 aromatic carbocycles. The second-order valence-electron chi connectivity index (χ2n) is 5.53. The van der Waals surface area contributed by atoms with E-state index in [1.165, 1.54) is 25.3 Å². The molecule has 1 aliphatic rings. The molecule has 0 radical (unpaired) electrons. The molecule has 2 N–H and O–H groups in total. The van der Waals surface area contributed by atoms with Gasteiger partial charge in [0.2, 0.25) is 5.76 Å². The van der Waals surface area contributed by atoms with Gasteiger partial charge in [0.05, 0.1) is 12.8 Å². The van der Waals surface area contributed by atoms with Gasteiger partial charge in [-0.1, -0.05) is 11.2 Å². The minimum absolute atomic E-state index is 0.0153. The zero-order chi connectivity index (χ0) is 17.3. The number of carbonyl (C=O) groups excluding carboxylic acids is 1. The van der Waals surface area contributed by atoms with Crippen molar-refractivity contribution >= 4 is 11.9 Å². The minimum atomic E-state index is -1.42. The van der Waals surface area contributed by atoms with Gasteiger partial charge >= 0.3 is 5.97 Å². The average molecular weight is 334 g/mol. The molecular weight excluding hydrogens is 319 g/mol. The van der Waals surface area contributed by atoms with Gasteiger partial charge in [-0.2, -0.15) is 0 Å². The predicted octanol–water partition coefficient (Wildman–Crippen LogP) is 2.26. The van der Waals surface area contributed by atoms with Crippen molar-refractivity contribution in [3.8, 4) is 5.75 Å². The van der Waals surface area contributed by atoms with Crippen LogP contribution in [0, 0.1) is 5.82 Å². The van der Waals surface area contributed by atoms with Gasteiger partial charge in [-0.25, -0.2) is 9.18 Å². The predicted molar refractivity (Wildman–Crippen MR) is 79.3 cm³/mol. The highest BCUT2D eigenvalue weighted by molar-refractivity contribution is 5.94. The number of methoxy groups -OCH3 is 1. The molecule has 1 amide bonds. The van der Waals surface area contributed by atoms with Crippen LogP contribution >= 0.6 is 0 Å². The molecular formula is C16H15FN2O5. The number of carboxylic acids is 1. The molecule has 3 rings (SSSR count). The normalized spacial score (nSPS) is 14.9. The lowest BCUT2D eigenvalue weighted by Crippen LogP contribution is -2.33. The fourth-order valence-electron chi connectivity index (χ4n) is 2.32. The van der Waals surface area contributed by atoms with E-state index in [4.69, 9.17) is 9.26 Å². The lowest BCUT2D eigenvalue weighted by atomic mass is 10.1. The Labute approximate surface area is 136 Å². The lowest BCUT2D eigenvalue weighted by Gasteiger charge is -2.14. The summed E-state index contributed by atoms with van der Waals surface area (Å²) in [7, 11) is 1.30. The number of amides is 1. The second kappa shape index (κ2) is 6.31. The highest BCUT2D eigenvalue weighted by atomic mass is 19.1. The van der Waals surface area contributed by atoms with Crippen LogP contribution in [0.2, 0.25) is 0 Å². The minimum Gasteiger partial charge on any atom is -0.494 e. The fourth-order valence-corrected chi connectivity index (χ4v) is 2.32. The third kappa shape index (κ3) is 3.22.